The van der Waals surface area contributed by atoms with Crippen LogP contribution in [0.5, 0.6) is 0 Å². The van der Waals surface area contributed by atoms with Crippen molar-refractivity contribution in [1.29, 1.82) is 0 Å². The van der Waals surface area contributed by atoms with Crippen LogP contribution in [0.25, 0.3) is 17.4 Å². The van der Waals surface area contributed by atoms with Gasteiger partial charge in [0.1, 0.15) is 11.5 Å². The summed E-state index contributed by atoms with van der Waals surface area (Å²) < 4.78 is 5.64. The van der Waals surface area contributed by atoms with Gasteiger partial charge in [0, 0.05) is 11.6 Å². The lowest BCUT2D eigenvalue weighted by atomic mass is 10.1. The fourth-order valence-corrected chi connectivity index (χ4v) is 3.31. The number of aromatic carboxylic acids is 1. The Hall–Kier alpha value is -2.95. The average molecular weight is 388 g/mol. The Bertz CT molecular complexity index is 1000. The summed E-state index contributed by atoms with van der Waals surface area (Å²) in [6.45, 7) is -0.0942. The number of thioether (sulfide) groups is 1. The van der Waals surface area contributed by atoms with E-state index in [0.29, 0.717) is 22.1 Å². The van der Waals surface area contributed by atoms with E-state index in [1.54, 1.807) is 12.1 Å². The predicted octanol–water partition coefficient (Wildman–Crippen LogP) is 3.97. The number of carbonyl (C=O) groups is 3. The maximum atomic E-state index is 12.2. The fourth-order valence-electron chi connectivity index (χ4n) is 2.28. The quantitative estimate of drug-likeness (QED) is 0.631. The number of terminal acetylenes is 1. The van der Waals surface area contributed by atoms with E-state index in [1.165, 1.54) is 24.3 Å². The molecule has 0 unspecified atom stereocenters. The molecule has 0 radical (unpaired) electrons. The molecule has 1 N–H and O–H groups in total. The second kappa shape index (κ2) is 7.12. The van der Waals surface area contributed by atoms with Crippen molar-refractivity contribution < 1.29 is 23.9 Å². The van der Waals surface area contributed by atoms with Crippen molar-refractivity contribution >= 4 is 46.6 Å². The number of hydrogen-bond acceptors (Lipinski definition) is 5. The zero-order valence-corrected chi connectivity index (χ0v) is 14.6. The van der Waals surface area contributed by atoms with Gasteiger partial charge in [0.2, 0.25) is 0 Å². The molecule has 1 aromatic heterocycles. The number of halogens is 1. The number of carboxylic acids is 1. The molecule has 2 aromatic rings. The lowest BCUT2D eigenvalue weighted by Gasteiger charge is -2.06. The van der Waals surface area contributed by atoms with Gasteiger partial charge in [-0.3, -0.25) is 14.5 Å². The van der Waals surface area contributed by atoms with Crippen molar-refractivity contribution in [3.05, 3.63) is 51.6 Å². The van der Waals surface area contributed by atoms with E-state index < -0.39 is 17.1 Å². The molecule has 0 atom stereocenters. The molecule has 8 heteroatoms. The largest absolute Gasteiger partial charge is 0.478 e. The number of hydrogen-bond donors (Lipinski definition) is 1. The number of rotatable bonds is 4. The van der Waals surface area contributed by atoms with Gasteiger partial charge in [-0.1, -0.05) is 17.5 Å². The number of nitrogens with zero attached hydrogens (tertiary/aromatic N) is 1. The third kappa shape index (κ3) is 3.38. The van der Waals surface area contributed by atoms with Crippen LogP contribution in [0, 0.1) is 12.3 Å². The zero-order valence-electron chi connectivity index (χ0n) is 13.1. The normalized spacial score (nSPS) is 15.5. The zero-order chi connectivity index (χ0) is 18.8. The molecule has 0 bridgehead atoms. The molecule has 0 spiro atoms. The van der Waals surface area contributed by atoms with Crippen LogP contribution in [0.15, 0.2) is 39.7 Å². The Morgan fingerprint density at radius 3 is 2.81 bits per heavy atom. The van der Waals surface area contributed by atoms with Crippen molar-refractivity contribution in [3.63, 3.8) is 0 Å². The van der Waals surface area contributed by atoms with E-state index in [0.717, 1.165) is 16.7 Å². The smallest absolute Gasteiger partial charge is 0.335 e. The van der Waals surface area contributed by atoms with Crippen LogP contribution in [-0.2, 0) is 4.79 Å². The van der Waals surface area contributed by atoms with E-state index in [1.807, 2.05) is 0 Å². The molecular formula is C18H10ClNO5S. The third-order valence-electron chi connectivity index (χ3n) is 3.50. The van der Waals surface area contributed by atoms with E-state index in [4.69, 9.17) is 27.5 Å². The van der Waals surface area contributed by atoms with Crippen LogP contribution in [-0.4, -0.2) is 33.7 Å². The number of carboxylic acid groups (broad SMARTS) is 1. The molecule has 2 amide bonds. The monoisotopic (exact) mass is 387 g/mol. The van der Waals surface area contributed by atoms with Crippen LogP contribution in [0.4, 0.5) is 4.79 Å². The molecule has 0 saturated carbocycles. The Balaban J connectivity index is 1.91. The summed E-state index contributed by atoms with van der Waals surface area (Å²) in [5, 5.41) is 8.97. The maximum absolute atomic E-state index is 12.2. The molecule has 3 rings (SSSR count). The molecule has 1 saturated heterocycles. The van der Waals surface area contributed by atoms with Gasteiger partial charge in [0.25, 0.3) is 11.1 Å². The highest BCUT2D eigenvalue weighted by molar-refractivity contribution is 8.18. The van der Waals surface area contributed by atoms with Gasteiger partial charge in [-0.2, -0.15) is 0 Å². The third-order valence-corrected chi connectivity index (χ3v) is 4.74. The molecule has 1 fully saturated rings. The molecule has 6 nitrogen and oxygen atoms in total. The summed E-state index contributed by atoms with van der Waals surface area (Å²) in [4.78, 5) is 36.2. The lowest BCUT2D eigenvalue weighted by molar-refractivity contribution is -0.122. The van der Waals surface area contributed by atoms with Crippen molar-refractivity contribution in [2.75, 3.05) is 6.54 Å². The van der Waals surface area contributed by atoms with Gasteiger partial charge in [-0.15, -0.1) is 6.42 Å². The van der Waals surface area contributed by atoms with Crippen LogP contribution < -0.4 is 0 Å². The molecule has 130 valence electrons. The summed E-state index contributed by atoms with van der Waals surface area (Å²) in [6.07, 6.45) is 6.58. The molecule has 2 heterocycles. The summed E-state index contributed by atoms with van der Waals surface area (Å²) in [5.41, 5.74) is 0.476. The van der Waals surface area contributed by atoms with Crippen molar-refractivity contribution in [1.82, 2.24) is 4.90 Å². The van der Waals surface area contributed by atoms with Crippen molar-refractivity contribution in [2.24, 2.45) is 0 Å². The lowest BCUT2D eigenvalue weighted by Crippen LogP contribution is -2.28. The second-order valence-corrected chi connectivity index (χ2v) is 6.57. The van der Waals surface area contributed by atoms with Gasteiger partial charge < -0.3 is 9.52 Å². The fraction of sp³-hybridized carbons (Fsp3) is 0.0556. The minimum Gasteiger partial charge on any atom is -0.478 e. The van der Waals surface area contributed by atoms with Crippen LogP contribution >= 0.6 is 23.4 Å². The minimum atomic E-state index is -1.09. The average Bonchev–Trinajstić information content (AvgIpc) is 3.16. The van der Waals surface area contributed by atoms with Crippen LogP contribution in [0.3, 0.4) is 0 Å². The van der Waals surface area contributed by atoms with Crippen molar-refractivity contribution in [2.45, 2.75) is 0 Å². The van der Waals surface area contributed by atoms with E-state index in [2.05, 4.69) is 5.92 Å². The first-order chi connectivity index (χ1) is 12.4. The summed E-state index contributed by atoms with van der Waals surface area (Å²) in [7, 11) is 0. The summed E-state index contributed by atoms with van der Waals surface area (Å²) in [6, 6.07) is 7.44. The number of amides is 2. The second-order valence-electron chi connectivity index (χ2n) is 5.17. The number of carbonyl (C=O) groups excluding carboxylic acids is 2. The van der Waals surface area contributed by atoms with Gasteiger partial charge in [-0.25, -0.2) is 4.79 Å². The molecule has 1 aliphatic heterocycles. The van der Waals surface area contributed by atoms with E-state index in [-0.39, 0.29) is 17.0 Å². The number of imide groups is 1. The Kier molecular flexibility index (Phi) is 4.89. The Labute approximate surface area is 157 Å². The maximum Gasteiger partial charge on any atom is 0.335 e. The first-order valence-electron chi connectivity index (χ1n) is 7.22. The summed E-state index contributed by atoms with van der Waals surface area (Å²) in [5.74, 6) is 1.35. The SMILES string of the molecule is C#CCN1C(=O)S/C(=C\c2ccc(-c3cc(C(=O)O)ccc3Cl)o2)C1=O. The van der Waals surface area contributed by atoms with Gasteiger partial charge >= 0.3 is 5.97 Å². The number of furan rings is 1. The highest BCUT2D eigenvalue weighted by atomic mass is 35.5. The Morgan fingerprint density at radius 1 is 1.35 bits per heavy atom. The molecule has 26 heavy (non-hydrogen) atoms. The molecule has 0 aliphatic carbocycles. The molecule has 1 aliphatic rings. The summed E-state index contributed by atoms with van der Waals surface area (Å²) >= 11 is 6.88. The van der Waals surface area contributed by atoms with Crippen molar-refractivity contribution in [3.8, 4) is 23.7 Å². The van der Waals surface area contributed by atoms with E-state index in [9.17, 15) is 14.4 Å². The number of benzene rings is 1. The first-order valence-corrected chi connectivity index (χ1v) is 8.42. The van der Waals surface area contributed by atoms with E-state index >= 15 is 0 Å². The standard InChI is InChI=1S/C18H10ClNO5S/c1-2-7-20-16(21)15(26-18(20)24)9-11-4-6-14(25-11)12-8-10(17(22)23)3-5-13(12)19/h1,3-6,8-9H,7H2,(H,22,23)/b15-9-. The Morgan fingerprint density at radius 2 is 2.12 bits per heavy atom. The highest BCUT2D eigenvalue weighted by Gasteiger charge is 2.34. The van der Waals surface area contributed by atoms with Gasteiger partial charge in [-0.05, 0) is 42.1 Å². The minimum absolute atomic E-state index is 0.0674. The van der Waals surface area contributed by atoms with Crippen LogP contribution in [0.2, 0.25) is 5.02 Å². The molecular weight excluding hydrogens is 378 g/mol. The predicted molar refractivity (Wildman–Crippen MR) is 97.6 cm³/mol. The highest BCUT2D eigenvalue weighted by Crippen LogP contribution is 2.34. The van der Waals surface area contributed by atoms with Gasteiger partial charge in [0.05, 0.1) is 22.0 Å². The van der Waals surface area contributed by atoms with Crippen LogP contribution in [0.1, 0.15) is 16.1 Å². The van der Waals surface area contributed by atoms with Gasteiger partial charge in [0.15, 0.2) is 0 Å². The topological polar surface area (TPSA) is 87.8 Å². The first kappa shape index (κ1) is 17.9. The molecule has 1 aromatic carbocycles.